The van der Waals surface area contributed by atoms with Gasteiger partial charge in [0.1, 0.15) is 0 Å². The van der Waals surface area contributed by atoms with Crippen LogP contribution in [0.1, 0.15) is 40.7 Å². The van der Waals surface area contributed by atoms with Crippen molar-refractivity contribution in [2.45, 2.75) is 45.2 Å². The maximum Gasteiger partial charge on any atom is 0.255 e. The first-order valence-corrected chi connectivity index (χ1v) is 10.5. The smallest absolute Gasteiger partial charge is 0.255 e. The van der Waals surface area contributed by atoms with Gasteiger partial charge in [-0.05, 0) is 55.0 Å². The number of rotatable bonds is 4. The molecule has 2 aliphatic heterocycles. The molecule has 3 heterocycles. The van der Waals surface area contributed by atoms with Gasteiger partial charge >= 0.3 is 0 Å². The zero-order chi connectivity index (χ0) is 20.0. The lowest BCUT2D eigenvalue weighted by Crippen LogP contribution is -2.37. The van der Waals surface area contributed by atoms with E-state index in [-0.39, 0.29) is 11.9 Å². The van der Waals surface area contributed by atoms with Crippen LogP contribution in [0.2, 0.25) is 0 Å². The normalized spacial score (nSPS) is 23.0. The van der Waals surface area contributed by atoms with E-state index in [0.717, 1.165) is 46.7 Å². The average molecular weight is 386 g/mol. The molecule has 4 heteroatoms. The fourth-order valence-electron chi connectivity index (χ4n) is 5.13. The van der Waals surface area contributed by atoms with Gasteiger partial charge in [-0.1, -0.05) is 42.5 Å². The summed E-state index contributed by atoms with van der Waals surface area (Å²) in [5, 5.41) is 2.18. The van der Waals surface area contributed by atoms with E-state index in [4.69, 9.17) is 4.74 Å². The summed E-state index contributed by atoms with van der Waals surface area (Å²) in [6.07, 6.45) is 5.01. The number of aromatic nitrogens is 1. The van der Waals surface area contributed by atoms with Gasteiger partial charge in [-0.3, -0.25) is 4.79 Å². The first kappa shape index (κ1) is 18.2. The predicted molar refractivity (Wildman–Crippen MR) is 114 cm³/mol. The molecule has 148 valence electrons. The Bertz CT molecular complexity index is 1060. The standard InChI is InChI=1S/C25H26N2O2/c1-16-7-12-23(26-14-16)29-15-19-13-20-10-11-22(19)27(20)25(28)24-17(2)8-9-18-5-3-4-6-21(18)24/h3-9,12,14,19-20,22H,10-11,13,15H2,1-2H3. The first-order valence-electron chi connectivity index (χ1n) is 10.5. The van der Waals surface area contributed by atoms with Gasteiger partial charge < -0.3 is 9.64 Å². The van der Waals surface area contributed by atoms with Crippen molar-refractivity contribution in [1.82, 2.24) is 9.88 Å². The molecule has 2 aliphatic rings. The molecule has 2 saturated heterocycles. The Kier molecular flexibility index (Phi) is 4.50. The second-order valence-electron chi connectivity index (χ2n) is 8.47. The molecule has 1 amide bonds. The number of pyridine rings is 1. The molecular weight excluding hydrogens is 360 g/mol. The largest absolute Gasteiger partial charge is 0.477 e. The SMILES string of the molecule is Cc1ccc(OCC2CC3CCC2N3C(=O)c2c(C)ccc3ccccc23)nc1. The van der Waals surface area contributed by atoms with E-state index in [1.165, 1.54) is 0 Å². The Morgan fingerprint density at radius 3 is 2.79 bits per heavy atom. The van der Waals surface area contributed by atoms with E-state index in [1.54, 1.807) is 0 Å². The lowest BCUT2D eigenvalue weighted by Gasteiger charge is -2.26. The minimum atomic E-state index is 0.183. The van der Waals surface area contributed by atoms with Crippen molar-refractivity contribution in [3.8, 4) is 5.88 Å². The van der Waals surface area contributed by atoms with E-state index >= 15 is 0 Å². The molecule has 2 fully saturated rings. The highest BCUT2D eigenvalue weighted by Crippen LogP contribution is 2.43. The maximum absolute atomic E-state index is 13.7. The molecule has 4 nitrogen and oxygen atoms in total. The molecule has 29 heavy (non-hydrogen) atoms. The minimum Gasteiger partial charge on any atom is -0.477 e. The zero-order valence-corrected chi connectivity index (χ0v) is 17.0. The third-order valence-corrected chi connectivity index (χ3v) is 6.58. The predicted octanol–water partition coefficient (Wildman–Crippen LogP) is 4.92. The topological polar surface area (TPSA) is 42.4 Å². The van der Waals surface area contributed by atoms with Crippen molar-refractivity contribution >= 4 is 16.7 Å². The highest BCUT2D eigenvalue weighted by atomic mass is 16.5. The van der Waals surface area contributed by atoms with E-state index in [9.17, 15) is 4.79 Å². The third-order valence-electron chi connectivity index (χ3n) is 6.58. The summed E-state index contributed by atoms with van der Waals surface area (Å²) in [4.78, 5) is 20.2. The summed E-state index contributed by atoms with van der Waals surface area (Å²) in [6, 6.07) is 16.9. The van der Waals surface area contributed by atoms with Crippen molar-refractivity contribution in [2.75, 3.05) is 6.61 Å². The van der Waals surface area contributed by atoms with Crippen LogP contribution in [-0.4, -0.2) is 34.5 Å². The molecule has 1 aromatic heterocycles. The molecule has 3 unspecified atom stereocenters. The number of nitrogens with zero attached hydrogens (tertiary/aromatic N) is 2. The quantitative estimate of drug-likeness (QED) is 0.639. The second-order valence-corrected chi connectivity index (χ2v) is 8.47. The van der Waals surface area contributed by atoms with Crippen molar-refractivity contribution in [1.29, 1.82) is 0 Å². The molecule has 0 N–H and O–H groups in total. The number of aryl methyl sites for hydroxylation is 2. The van der Waals surface area contributed by atoms with Crippen molar-refractivity contribution in [3.63, 3.8) is 0 Å². The summed E-state index contributed by atoms with van der Waals surface area (Å²) >= 11 is 0. The van der Waals surface area contributed by atoms with Crippen LogP contribution in [0.3, 0.4) is 0 Å². The van der Waals surface area contributed by atoms with Crippen LogP contribution in [0, 0.1) is 19.8 Å². The number of hydrogen-bond acceptors (Lipinski definition) is 3. The minimum absolute atomic E-state index is 0.183. The number of carbonyl (C=O) groups is 1. The van der Waals surface area contributed by atoms with E-state index in [2.05, 4.69) is 34.1 Å². The molecule has 3 aromatic rings. The van der Waals surface area contributed by atoms with Crippen LogP contribution in [0.4, 0.5) is 0 Å². The van der Waals surface area contributed by atoms with Crippen LogP contribution in [0.15, 0.2) is 54.7 Å². The van der Waals surface area contributed by atoms with Crippen LogP contribution in [-0.2, 0) is 0 Å². The van der Waals surface area contributed by atoms with Gasteiger partial charge in [-0.15, -0.1) is 0 Å². The Balaban J connectivity index is 1.38. The Morgan fingerprint density at radius 2 is 1.97 bits per heavy atom. The summed E-state index contributed by atoms with van der Waals surface area (Å²) in [7, 11) is 0. The Labute approximate surface area is 171 Å². The van der Waals surface area contributed by atoms with Crippen molar-refractivity contribution in [3.05, 3.63) is 71.4 Å². The van der Waals surface area contributed by atoms with Crippen LogP contribution >= 0.6 is 0 Å². The number of amides is 1. The van der Waals surface area contributed by atoms with Crippen LogP contribution in [0.5, 0.6) is 5.88 Å². The zero-order valence-electron chi connectivity index (χ0n) is 17.0. The summed E-state index contributed by atoms with van der Waals surface area (Å²) < 4.78 is 5.98. The summed E-state index contributed by atoms with van der Waals surface area (Å²) in [5.74, 6) is 1.22. The fraction of sp³-hybridized carbons (Fsp3) is 0.360. The summed E-state index contributed by atoms with van der Waals surface area (Å²) in [6.45, 7) is 4.68. The van der Waals surface area contributed by atoms with Gasteiger partial charge in [0.2, 0.25) is 5.88 Å². The number of benzene rings is 2. The van der Waals surface area contributed by atoms with Gasteiger partial charge in [0, 0.05) is 30.3 Å². The molecular formula is C25H26N2O2. The van der Waals surface area contributed by atoms with Gasteiger partial charge in [0.25, 0.3) is 5.91 Å². The van der Waals surface area contributed by atoms with E-state index in [0.29, 0.717) is 24.4 Å². The summed E-state index contributed by atoms with van der Waals surface area (Å²) in [5.41, 5.74) is 3.04. The van der Waals surface area contributed by atoms with E-state index in [1.807, 2.05) is 44.3 Å². The number of ether oxygens (including phenoxy) is 1. The van der Waals surface area contributed by atoms with Crippen LogP contribution < -0.4 is 4.74 Å². The lowest BCUT2D eigenvalue weighted by molar-refractivity contribution is 0.0711. The van der Waals surface area contributed by atoms with Gasteiger partial charge in [-0.25, -0.2) is 4.98 Å². The van der Waals surface area contributed by atoms with Crippen molar-refractivity contribution < 1.29 is 9.53 Å². The fourth-order valence-corrected chi connectivity index (χ4v) is 5.13. The molecule has 0 spiro atoms. The molecule has 0 radical (unpaired) electrons. The highest BCUT2D eigenvalue weighted by molar-refractivity contribution is 6.08. The van der Waals surface area contributed by atoms with Gasteiger partial charge in [0.05, 0.1) is 12.2 Å². The Hall–Kier alpha value is -2.88. The number of hydrogen-bond donors (Lipinski definition) is 0. The van der Waals surface area contributed by atoms with Gasteiger partial charge in [0.15, 0.2) is 0 Å². The molecule has 2 aromatic carbocycles. The second kappa shape index (κ2) is 7.18. The lowest BCUT2D eigenvalue weighted by atomic mass is 9.90. The number of carbonyl (C=O) groups excluding carboxylic acids is 1. The monoisotopic (exact) mass is 386 g/mol. The maximum atomic E-state index is 13.7. The van der Waals surface area contributed by atoms with Crippen molar-refractivity contribution in [2.24, 2.45) is 5.92 Å². The molecule has 0 saturated carbocycles. The average Bonchev–Trinajstić information content (AvgIpc) is 3.31. The highest BCUT2D eigenvalue weighted by Gasteiger charge is 2.49. The third kappa shape index (κ3) is 3.17. The van der Waals surface area contributed by atoms with Gasteiger partial charge in [-0.2, -0.15) is 0 Å². The van der Waals surface area contributed by atoms with Crippen LogP contribution in [0.25, 0.3) is 10.8 Å². The first-order chi connectivity index (χ1) is 14.1. The Morgan fingerprint density at radius 1 is 1.10 bits per heavy atom. The molecule has 2 bridgehead atoms. The molecule has 5 rings (SSSR count). The molecule has 3 atom stereocenters. The number of fused-ring (bicyclic) bond motifs is 3. The molecule has 0 aliphatic carbocycles. The van der Waals surface area contributed by atoms with E-state index < -0.39 is 0 Å².